The Hall–Kier alpha value is -3.15. The van der Waals surface area contributed by atoms with E-state index >= 15 is 0 Å². The lowest BCUT2D eigenvalue weighted by atomic mass is 10.1. The van der Waals surface area contributed by atoms with E-state index in [2.05, 4.69) is 9.47 Å². The number of sulfonamides is 1. The first-order chi connectivity index (χ1) is 13.4. The van der Waals surface area contributed by atoms with Crippen molar-refractivity contribution >= 4 is 27.6 Å². The van der Waals surface area contributed by atoms with Gasteiger partial charge in [0.2, 0.25) is 0 Å². The number of benzene rings is 2. The fourth-order valence-electron chi connectivity index (χ4n) is 2.27. The predicted molar refractivity (Wildman–Crippen MR) is 91.3 cm³/mol. The first kappa shape index (κ1) is 22.1. The van der Waals surface area contributed by atoms with Gasteiger partial charge in [-0.05, 0) is 36.4 Å². The smallest absolute Gasteiger partial charge is 0.418 e. The molecule has 0 radical (unpaired) electrons. The van der Waals surface area contributed by atoms with E-state index < -0.39 is 50.1 Å². The highest BCUT2D eigenvalue weighted by atomic mass is 32.2. The summed E-state index contributed by atoms with van der Waals surface area (Å²) in [6.07, 6.45) is -5.05. The Morgan fingerprint density at radius 2 is 1.45 bits per heavy atom. The fraction of sp³-hybridized carbons (Fsp3) is 0.176. The number of halogens is 4. The molecule has 0 aromatic heterocycles. The van der Waals surface area contributed by atoms with Gasteiger partial charge in [0.25, 0.3) is 10.0 Å². The Bertz CT molecular complexity index is 1030. The minimum Gasteiger partial charge on any atom is -0.465 e. The van der Waals surface area contributed by atoms with Crippen molar-refractivity contribution in [2.75, 3.05) is 18.9 Å². The topological polar surface area (TPSA) is 98.8 Å². The largest absolute Gasteiger partial charge is 0.465 e. The number of carbonyl (C=O) groups is 2. The molecule has 0 amide bonds. The molecule has 0 bridgehead atoms. The zero-order valence-corrected chi connectivity index (χ0v) is 15.7. The quantitative estimate of drug-likeness (QED) is 0.572. The number of alkyl halides is 3. The first-order valence-electron chi connectivity index (χ1n) is 7.60. The highest BCUT2D eigenvalue weighted by molar-refractivity contribution is 7.92. The summed E-state index contributed by atoms with van der Waals surface area (Å²) in [4.78, 5) is 22.8. The minimum absolute atomic E-state index is 0.128. The summed E-state index contributed by atoms with van der Waals surface area (Å²) in [5, 5.41) is 0. The van der Waals surface area contributed by atoms with Crippen LogP contribution in [0.3, 0.4) is 0 Å². The summed E-state index contributed by atoms with van der Waals surface area (Å²) in [6, 6.07) is 3.96. The van der Waals surface area contributed by atoms with Crippen LogP contribution in [0.1, 0.15) is 26.3 Å². The minimum atomic E-state index is -5.05. The van der Waals surface area contributed by atoms with Gasteiger partial charge in [-0.1, -0.05) is 0 Å². The second-order valence-electron chi connectivity index (χ2n) is 5.52. The number of methoxy groups -OCH3 is 2. The molecular weight excluding hydrogens is 422 g/mol. The van der Waals surface area contributed by atoms with Crippen LogP contribution < -0.4 is 4.72 Å². The summed E-state index contributed by atoms with van der Waals surface area (Å²) in [7, 11) is -2.71. The Kier molecular flexibility index (Phi) is 6.16. The van der Waals surface area contributed by atoms with E-state index in [1.165, 1.54) is 0 Å². The van der Waals surface area contributed by atoms with Crippen molar-refractivity contribution in [3.8, 4) is 0 Å². The molecule has 2 aromatic rings. The Morgan fingerprint density at radius 3 is 1.90 bits per heavy atom. The molecule has 0 saturated heterocycles. The van der Waals surface area contributed by atoms with E-state index in [-0.39, 0.29) is 17.2 Å². The first-order valence-corrected chi connectivity index (χ1v) is 9.08. The molecule has 0 aliphatic rings. The van der Waals surface area contributed by atoms with Crippen molar-refractivity contribution in [2.45, 2.75) is 11.1 Å². The predicted octanol–water partition coefficient (Wildman–Crippen LogP) is 3.22. The van der Waals surface area contributed by atoms with Crippen molar-refractivity contribution in [1.82, 2.24) is 0 Å². The molecule has 156 valence electrons. The third-order valence-corrected chi connectivity index (χ3v) is 4.94. The highest BCUT2D eigenvalue weighted by Gasteiger charge is 2.35. The molecule has 0 saturated carbocycles. The van der Waals surface area contributed by atoms with Gasteiger partial charge in [0.1, 0.15) is 5.82 Å². The van der Waals surface area contributed by atoms with Gasteiger partial charge in [-0.15, -0.1) is 0 Å². The molecule has 0 heterocycles. The monoisotopic (exact) mass is 435 g/mol. The van der Waals surface area contributed by atoms with Crippen molar-refractivity contribution in [2.24, 2.45) is 0 Å². The van der Waals surface area contributed by atoms with Gasteiger partial charge in [-0.2, -0.15) is 13.2 Å². The number of hydrogen-bond acceptors (Lipinski definition) is 6. The Morgan fingerprint density at radius 1 is 0.931 bits per heavy atom. The van der Waals surface area contributed by atoms with Crippen LogP contribution in [0.15, 0.2) is 41.3 Å². The highest BCUT2D eigenvalue weighted by Crippen LogP contribution is 2.36. The second-order valence-corrected chi connectivity index (χ2v) is 7.20. The third kappa shape index (κ3) is 5.02. The van der Waals surface area contributed by atoms with E-state index in [0.717, 1.165) is 32.4 Å². The molecule has 12 heteroatoms. The van der Waals surface area contributed by atoms with E-state index in [1.807, 2.05) is 0 Å². The SMILES string of the molecule is COC(=O)c1cc(C(=O)OC)cc(S(=O)(=O)Nc2ccc(F)cc2C(F)(F)F)c1. The van der Waals surface area contributed by atoms with Crippen molar-refractivity contribution < 1.29 is 45.0 Å². The van der Waals surface area contributed by atoms with Crippen molar-refractivity contribution in [3.63, 3.8) is 0 Å². The normalized spacial score (nSPS) is 11.7. The Balaban J connectivity index is 2.60. The van der Waals surface area contributed by atoms with Crippen LogP contribution in [-0.2, 0) is 25.7 Å². The molecule has 2 rings (SSSR count). The van der Waals surface area contributed by atoms with Crippen LogP contribution in [0.5, 0.6) is 0 Å². The van der Waals surface area contributed by atoms with Gasteiger partial charge >= 0.3 is 18.1 Å². The van der Waals surface area contributed by atoms with Gasteiger partial charge in [-0.3, -0.25) is 4.72 Å². The average molecular weight is 435 g/mol. The second kappa shape index (κ2) is 8.07. The van der Waals surface area contributed by atoms with E-state index in [9.17, 15) is 35.6 Å². The lowest BCUT2D eigenvalue weighted by Crippen LogP contribution is -2.19. The summed E-state index contributed by atoms with van der Waals surface area (Å²) >= 11 is 0. The maximum absolute atomic E-state index is 13.2. The van der Waals surface area contributed by atoms with Crippen molar-refractivity contribution in [1.29, 1.82) is 0 Å². The molecule has 0 atom stereocenters. The summed E-state index contributed by atoms with van der Waals surface area (Å²) < 4.78 is 88.4. The fourth-order valence-corrected chi connectivity index (χ4v) is 3.42. The maximum atomic E-state index is 13.2. The van der Waals surface area contributed by atoms with Crippen LogP contribution in [0.2, 0.25) is 0 Å². The number of ether oxygens (including phenoxy) is 2. The van der Waals surface area contributed by atoms with Gasteiger partial charge in [0.15, 0.2) is 0 Å². The van der Waals surface area contributed by atoms with Crippen LogP contribution in [-0.4, -0.2) is 34.6 Å². The van der Waals surface area contributed by atoms with Gasteiger partial charge < -0.3 is 9.47 Å². The molecule has 1 N–H and O–H groups in total. The number of carbonyl (C=O) groups excluding carboxylic acids is 2. The molecular formula is C17H13F4NO6S. The molecule has 2 aromatic carbocycles. The number of anilines is 1. The lowest BCUT2D eigenvalue weighted by Gasteiger charge is -2.15. The Labute approximate surface area is 162 Å². The number of rotatable bonds is 5. The third-order valence-electron chi connectivity index (χ3n) is 3.59. The van der Waals surface area contributed by atoms with Crippen LogP contribution in [0, 0.1) is 5.82 Å². The zero-order chi connectivity index (χ0) is 22.0. The molecule has 0 fully saturated rings. The molecule has 29 heavy (non-hydrogen) atoms. The summed E-state index contributed by atoms with van der Waals surface area (Å²) in [5.74, 6) is -3.21. The lowest BCUT2D eigenvalue weighted by molar-refractivity contribution is -0.137. The zero-order valence-electron chi connectivity index (χ0n) is 14.8. The molecule has 0 aliphatic heterocycles. The van der Waals surface area contributed by atoms with Crippen LogP contribution in [0.25, 0.3) is 0 Å². The van der Waals surface area contributed by atoms with Crippen LogP contribution >= 0.6 is 0 Å². The van der Waals surface area contributed by atoms with E-state index in [1.54, 1.807) is 4.72 Å². The number of hydrogen-bond donors (Lipinski definition) is 1. The van der Waals surface area contributed by atoms with Gasteiger partial charge in [0.05, 0.1) is 41.5 Å². The van der Waals surface area contributed by atoms with Gasteiger partial charge in [-0.25, -0.2) is 22.4 Å². The summed E-state index contributed by atoms with van der Waals surface area (Å²) in [6.45, 7) is 0. The molecule has 7 nitrogen and oxygen atoms in total. The molecule has 0 aliphatic carbocycles. The van der Waals surface area contributed by atoms with E-state index in [4.69, 9.17) is 0 Å². The van der Waals surface area contributed by atoms with Crippen LogP contribution in [0.4, 0.5) is 23.2 Å². The standard InChI is InChI=1S/C17H13F4NO6S/c1-27-15(23)9-5-10(16(24)28-2)7-12(6-9)29(25,26)22-14-4-3-11(18)8-13(14)17(19,20)21/h3-8,22H,1-2H3. The van der Waals surface area contributed by atoms with Crippen molar-refractivity contribution in [3.05, 3.63) is 58.9 Å². The number of nitrogens with one attached hydrogen (secondary N) is 1. The average Bonchev–Trinajstić information content (AvgIpc) is 2.66. The summed E-state index contributed by atoms with van der Waals surface area (Å²) in [5.41, 5.74) is -3.21. The number of esters is 2. The van der Waals surface area contributed by atoms with Gasteiger partial charge in [0, 0.05) is 0 Å². The van der Waals surface area contributed by atoms with E-state index in [0.29, 0.717) is 12.1 Å². The molecule has 0 spiro atoms. The maximum Gasteiger partial charge on any atom is 0.418 e. The molecule has 0 unspecified atom stereocenters.